The van der Waals surface area contributed by atoms with Crippen LogP contribution in [0, 0.1) is 5.92 Å². The van der Waals surface area contributed by atoms with E-state index in [1.807, 2.05) is 48.5 Å². The van der Waals surface area contributed by atoms with Gasteiger partial charge in [-0.3, -0.25) is 9.59 Å². The van der Waals surface area contributed by atoms with Gasteiger partial charge >= 0.3 is 0 Å². The second-order valence-electron chi connectivity index (χ2n) is 7.19. The SMILES string of the molecule is O=C(Nc1ccc2c(c1)OCCO2)C1CCN(C(=O)/C=C/c2ccccc2)CC1. The molecule has 2 aliphatic heterocycles. The molecular weight excluding hydrogens is 368 g/mol. The normalized spacial score (nSPS) is 16.6. The summed E-state index contributed by atoms with van der Waals surface area (Å²) in [5.74, 6) is 1.21. The largest absolute Gasteiger partial charge is 0.486 e. The van der Waals surface area contributed by atoms with Crippen molar-refractivity contribution in [3.05, 3.63) is 60.2 Å². The fourth-order valence-electron chi connectivity index (χ4n) is 3.56. The number of anilines is 1. The number of likely N-dealkylation sites (tertiary alicyclic amines) is 1. The van der Waals surface area contributed by atoms with Crippen molar-refractivity contribution in [2.45, 2.75) is 12.8 Å². The van der Waals surface area contributed by atoms with Crippen molar-refractivity contribution in [2.75, 3.05) is 31.6 Å². The number of fused-ring (bicyclic) bond motifs is 1. The maximum Gasteiger partial charge on any atom is 0.246 e. The molecule has 0 unspecified atom stereocenters. The Labute approximate surface area is 170 Å². The van der Waals surface area contributed by atoms with Crippen molar-refractivity contribution in [3.8, 4) is 11.5 Å². The molecule has 29 heavy (non-hydrogen) atoms. The molecule has 6 heteroatoms. The number of carbonyl (C=O) groups excluding carboxylic acids is 2. The monoisotopic (exact) mass is 392 g/mol. The molecule has 0 saturated carbocycles. The quantitative estimate of drug-likeness (QED) is 0.811. The van der Waals surface area contributed by atoms with Gasteiger partial charge in [0.15, 0.2) is 11.5 Å². The van der Waals surface area contributed by atoms with Gasteiger partial charge in [0.05, 0.1) is 0 Å². The zero-order valence-electron chi connectivity index (χ0n) is 16.2. The van der Waals surface area contributed by atoms with Crippen LogP contribution in [0.2, 0.25) is 0 Å². The second-order valence-corrected chi connectivity index (χ2v) is 7.19. The minimum absolute atomic E-state index is 0.0143. The topological polar surface area (TPSA) is 67.9 Å². The van der Waals surface area contributed by atoms with Crippen LogP contribution < -0.4 is 14.8 Å². The minimum atomic E-state index is -0.106. The van der Waals surface area contributed by atoms with Crippen LogP contribution in [0.3, 0.4) is 0 Å². The van der Waals surface area contributed by atoms with E-state index in [1.54, 1.807) is 17.0 Å². The van der Waals surface area contributed by atoms with E-state index in [1.165, 1.54) is 0 Å². The van der Waals surface area contributed by atoms with Gasteiger partial charge in [-0.05, 0) is 36.6 Å². The molecule has 0 bridgehead atoms. The zero-order valence-corrected chi connectivity index (χ0v) is 16.2. The first-order chi connectivity index (χ1) is 14.2. The predicted octanol–water partition coefficient (Wildman–Crippen LogP) is 3.35. The maximum absolute atomic E-state index is 12.6. The summed E-state index contributed by atoms with van der Waals surface area (Å²) in [7, 11) is 0. The van der Waals surface area contributed by atoms with Gasteiger partial charge in [0, 0.05) is 36.8 Å². The molecule has 2 aliphatic rings. The fourth-order valence-corrected chi connectivity index (χ4v) is 3.56. The molecule has 1 N–H and O–H groups in total. The Kier molecular flexibility index (Phi) is 5.79. The highest BCUT2D eigenvalue weighted by Gasteiger charge is 2.27. The Morgan fingerprint density at radius 3 is 2.45 bits per heavy atom. The van der Waals surface area contributed by atoms with Crippen molar-refractivity contribution in [1.29, 1.82) is 0 Å². The fraction of sp³-hybridized carbons (Fsp3) is 0.304. The Morgan fingerprint density at radius 1 is 0.966 bits per heavy atom. The number of benzene rings is 2. The summed E-state index contributed by atoms with van der Waals surface area (Å²) >= 11 is 0. The Balaban J connectivity index is 1.28. The second kappa shape index (κ2) is 8.82. The highest BCUT2D eigenvalue weighted by molar-refractivity contribution is 5.94. The number of amides is 2. The summed E-state index contributed by atoms with van der Waals surface area (Å²) in [6, 6.07) is 15.2. The van der Waals surface area contributed by atoms with E-state index < -0.39 is 0 Å². The average Bonchev–Trinajstić information content (AvgIpc) is 2.78. The smallest absolute Gasteiger partial charge is 0.246 e. The van der Waals surface area contributed by atoms with Gasteiger partial charge < -0.3 is 19.7 Å². The van der Waals surface area contributed by atoms with Crippen molar-refractivity contribution in [3.63, 3.8) is 0 Å². The zero-order chi connectivity index (χ0) is 20.1. The molecule has 150 valence electrons. The van der Waals surface area contributed by atoms with Crippen LogP contribution in [0.15, 0.2) is 54.6 Å². The lowest BCUT2D eigenvalue weighted by Gasteiger charge is -2.30. The van der Waals surface area contributed by atoms with Crippen molar-refractivity contribution >= 4 is 23.6 Å². The van der Waals surface area contributed by atoms with Crippen LogP contribution in [0.25, 0.3) is 6.08 Å². The first kappa shape index (κ1) is 19.1. The molecule has 0 radical (unpaired) electrons. The van der Waals surface area contributed by atoms with E-state index in [0.717, 1.165) is 5.56 Å². The Morgan fingerprint density at radius 2 is 1.69 bits per heavy atom. The van der Waals surface area contributed by atoms with Gasteiger partial charge in [-0.2, -0.15) is 0 Å². The van der Waals surface area contributed by atoms with Gasteiger partial charge in [-0.1, -0.05) is 30.3 Å². The van der Waals surface area contributed by atoms with E-state index >= 15 is 0 Å². The first-order valence-electron chi connectivity index (χ1n) is 9.91. The van der Waals surface area contributed by atoms with Crippen LogP contribution >= 0.6 is 0 Å². The summed E-state index contributed by atoms with van der Waals surface area (Å²) < 4.78 is 11.1. The van der Waals surface area contributed by atoms with Crippen LogP contribution in [-0.2, 0) is 9.59 Å². The first-order valence-corrected chi connectivity index (χ1v) is 9.91. The lowest BCUT2D eigenvalue weighted by molar-refractivity contribution is -0.130. The number of nitrogens with one attached hydrogen (secondary N) is 1. The highest BCUT2D eigenvalue weighted by Crippen LogP contribution is 2.33. The van der Waals surface area contributed by atoms with Crippen LogP contribution in [0.4, 0.5) is 5.69 Å². The van der Waals surface area contributed by atoms with E-state index in [9.17, 15) is 9.59 Å². The third kappa shape index (κ3) is 4.77. The Hall–Kier alpha value is -3.28. The molecule has 2 aromatic carbocycles. The number of carbonyl (C=O) groups is 2. The number of nitrogens with zero attached hydrogens (tertiary/aromatic N) is 1. The highest BCUT2D eigenvalue weighted by atomic mass is 16.6. The molecule has 1 saturated heterocycles. The predicted molar refractivity (Wildman–Crippen MR) is 111 cm³/mol. The molecule has 0 aliphatic carbocycles. The van der Waals surface area contributed by atoms with Crippen LogP contribution in [0.1, 0.15) is 18.4 Å². The van der Waals surface area contributed by atoms with Gasteiger partial charge in [0.25, 0.3) is 0 Å². The van der Waals surface area contributed by atoms with E-state index in [2.05, 4.69) is 5.32 Å². The van der Waals surface area contributed by atoms with Crippen molar-refractivity contribution in [2.24, 2.45) is 5.92 Å². The molecule has 0 spiro atoms. The maximum atomic E-state index is 12.6. The van der Waals surface area contributed by atoms with Gasteiger partial charge in [0.1, 0.15) is 13.2 Å². The summed E-state index contributed by atoms with van der Waals surface area (Å²) in [4.78, 5) is 26.8. The summed E-state index contributed by atoms with van der Waals surface area (Å²) in [6.45, 7) is 2.21. The Bertz CT molecular complexity index is 902. The molecular formula is C23H24N2O4. The molecule has 2 heterocycles. The lowest BCUT2D eigenvalue weighted by Crippen LogP contribution is -2.40. The molecule has 4 rings (SSSR count). The summed E-state index contributed by atoms with van der Waals surface area (Å²) in [5.41, 5.74) is 1.69. The number of ether oxygens (including phenoxy) is 2. The number of hydrogen-bond acceptors (Lipinski definition) is 4. The summed E-state index contributed by atoms with van der Waals surface area (Å²) in [6.07, 6.45) is 4.73. The average molecular weight is 392 g/mol. The van der Waals surface area contributed by atoms with E-state index in [4.69, 9.17) is 9.47 Å². The molecule has 2 aromatic rings. The molecule has 1 fully saturated rings. The number of rotatable bonds is 4. The van der Waals surface area contributed by atoms with Crippen LogP contribution in [0.5, 0.6) is 11.5 Å². The van der Waals surface area contributed by atoms with Crippen molar-refractivity contribution < 1.29 is 19.1 Å². The molecule has 0 aromatic heterocycles. The molecule has 2 amide bonds. The van der Waals surface area contributed by atoms with E-state index in [-0.39, 0.29) is 17.7 Å². The van der Waals surface area contributed by atoms with Gasteiger partial charge in [-0.25, -0.2) is 0 Å². The third-order valence-electron chi connectivity index (χ3n) is 5.21. The number of hydrogen-bond donors (Lipinski definition) is 1. The van der Waals surface area contributed by atoms with E-state index in [0.29, 0.717) is 56.3 Å². The third-order valence-corrected chi connectivity index (χ3v) is 5.21. The molecule has 6 nitrogen and oxygen atoms in total. The van der Waals surface area contributed by atoms with Gasteiger partial charge in [0.2, 0.25) is 11.8 Å². The standard InChI is InChI=1S/C23H24N2O4/c26-22(9-6-17-4-2-1-3-5-17)25-12-10-18(11-13-25)23(27)24-19-7-8-20-21(16-19)29-15-14-28-20/h1-9,16,18H,10-15H2,(H,24,27)/b9-6+. The molecule has 0 atom stereocenters. The van der Waals surface area contributed by atoms with Gasteiger partial charge in [-0.15, -0.1) is 0 Å². The van der Waals surface area contributed by atoms with Crippen LogP contribution in [-0.4, -0.2) is 43.0 Å². The minimum Gasteiger partial charge on any atom is -0.486 e. The lowest BCUT2D eigenvalue weighted by atomic mass is 9.95. The van der Waals surface area contributed by atoms with Crippen molar-refractivity contribution in [1.82, 2.24) is 4.90 Å². The summed E-state index contributed by atoms with van der Waals surface area (Å²) in [5, 5.41) is 2.96. The number of piperidine rings is 1.